The summed E-state index contributed by atoms with van der Waals surface area (Å²) in [5, 5.41) is 3.13. The number of nitrogens with zero attached hydrogens (tertiary/aromatic N) is 1. The Morgan fingerprint density at radius 1 is 1.29 bits per heavy atom. The van der Waals surface area contributed by atoms with Gasteiger partial charge < -0.3 is 11.1 Å². The molecule has 3 rings (SSSR count). The molecule has 3 unspecified atom stereocenters. The smallest absolute Gasteiger partial charge is 0.352 e. The van der Waals surface area contributed by atoms with E-state index in [0.717, 1.165) is 32.0 Å². The van der Waals surface area contributed by atoms with E-state index in [1.165, 1.54) is 12.1 Å². The molecule has 1 aliphatic heterocycles. The van der Waals surface area contributed by atoms with Gasteiger partial charge in [0, 0.05) is 25.7 Å². The number of hydrogen-bond acceptors (Lipinski definition) is 3. The first kappa shape index (κ1) is 21.1. The van der Waals surface area contributed by atoms with Gasteiger partial charge in [-0.1, -0.05) is 32.0 Å². The number of carbonyl (C=O) groups excluding carboxylic acids is 1. The second-order valence-electron chi connectivity index (χ2n) is 8.74. The summed E-state index contributed by atoms with van der Waals surface area (Å²) in [5.74, 6) is 1.11. The van der Waals surface area contributed by atoms with E-state index in [9.17, 15) is 18.0 Å². The number of alkyl halides is 3. The van der Waals surface area contributed by atoms with Crippen molar-refractivity contribution in [3.63, 3.8) is 0 Å². The second kappa shape index (κ2) is 8.41. The van der Waals surface area contributed by atoms with E-state index in [2.05, 4.69) is 10.2 Å². The first-order valence-corrected chi connectivity index (χ1v) is 10.1. The zero-order valence-electron chi connectivity index (χ0n) is 16.5. The summed E-state index contributed by atoms with van der Waals surface area (Å²) in [5.41, 5.74) is 6.07. The molecule has 0 bridgehead atoms. The second-order valence-corrected chi connectivity index (χ2v) is 8.74. The van der Waals surface area contributed by atoms with Gasteiger partial charge in [-0.25, -0.2) is 0 Å². The van der Waals surface area contributed by atoms with Crippen molar-refractivity contribution in [1.82, 2.24) is 10.2 Å². The maximum absolute atomic E-state index is 12.9. The van der Waals surface area contributed by atoms with Gasteiger partial charge in [0.2, 0.25) is 5.91 Å². The molecular formula is C21H30F3N3O. The summed E-state index contributed by atoms with van der Waals surface area (Å²) in [4.78, 5) is 14.6. The number of hydrogen-bond donors (Lipinski definition) is 2. The molecule has 1 aliphatic carbocycles. The average molecular weight is 397 g/mol. The molecule has 0 aromatic heterocycles. The molecule has 156 valence electrons. The van der Waals surface area contributed by atoms with Crippen LogP contribution >= 0.6 is 0 Å². The van der Waals surface area contributed by atoms with E-state index < -0.39 is 17.8 Å². The standard InChI is InChI=1S/C21H30F3N3O/c1-13(2)8-18(25)20(28)26-19-7-6-15-11-27(12-17(15)19)10-14-4-3-5-16(9-14)21(22,23)24/h3-5,9,13,15,17-19H,6-8,10-12,25H2,1-2H3,(H,26,28)/t15?,17?,18-,19?/m1/s1. The molecule has 3 N–H and O–H groups in total. The van der Waals surface area contributed by atoms with Crippen molar-refractivity contribution in [3.05, 3.63) is 35.4 Å². The van der Waals surface area contributed by atoms with Gasteiger partial charge in [-0.3, -0.25) is 9.69 Å². The summed E-state index contributed by atoms with van der Waals surface area (Å²) < 4.78 is 38.8. The quantitative estimate of drug-likeness (QED) is 0.774. The Labute approximate surface area is 164 Å². The van der Waals surface area contributed by atoms with Crippen LogP contribution in [0.1, 0.15) is 44.2 Å². The molecule has 28 heavy (non-hydrogen) atoms. The summed E-state index contributed by atoms with van der Waals surface area (Å²) in [6, 6.07) is 5.18. The third-order valence-corrected chi connectivity index (χ3v) is 5.98. The molecule has 1 saturated heterocycles. The Hall–Kier alpha value is -1.60. The van der Waals surface area contributed by atoms with E-state index in [0.29, 0.717) is 36.3 Å². The van der Waals surface area contributed by atoms with Crippen LogP contribution < -0.4 is 11.1 Å². The van der Waals surface area contributed by atoms with E-state index in [4.69, 9.17) is 5.73 Å². The van der Waals surface area contributed by atoms with Crippen molar-refractivity contribution < 1.29 is 18.0 Å². The minimum absolute atomic E-state index is 0.0873. The van der Waals surface area contributed by atoms with E-state index in [-0.39, 0.29) is 11.9 Å². The van der Waals surface area contributed by atoms with Crippen LogP contribution in [0.15, 0.2) is 24.3 Å². The number of benzene rings is 1. The summed E-state index contributed by atoms with van der Waals surface area (Å²) in [7, 11) is 0. The van der Waals surface area contributed by atoms with Crippen molar-refractivity contribution in [3.8, 4) is 0 Å². The molecule has 4 atom stereocenters. The zero-order valence-corrected chi connectivity index (χ0v) is 16.5. The third-order valence-electron chi connectivity index (χ3n) is 5.98. The van der Waals surface area contributed by atoms with Crippen molar-refractivity contribution in [2.45, 2.75) is 57.9 Å². The van der Waals surface area contributed by atoms with E-state index in [1.807, 2.05) is 13.8 Å². The van der Waals surface area contributed by atoms with Crippen molar-refractivity contribution >= 4 is 5.91 Å². The van der Waals surface area contributed by atoms with Crippen molar-refractivity contribution in [1.29, 1.82) is 0 Å². The molecule has 2 fully saturated rings. The normalized spacial score (nSPS) is 26.5. The Morgan fingerprint density at radius 2 is 2.04 bits per heavy atom. The van der Waals surface area contributed by atoms with Crippen LogP contribution in [0.2, 0.25) is 0 Å². The third kappa shape index (κ3) is 5.06. The van der Waals surface area contributed by atoms with E-state index >= 15 is 0 Å². The molecule has 7 heteroatoms. The molecule has 1 aromatic rings. The number of carbonyl (C=O) groups is 1. The predicted octanol–water partition coefficient (Wildman–Crippen LogP) is 3.41. The van der Waals surface area contributed by atoms with Gasteiger partial charge in [-0.2, -0.15) is 13.2 Å². The Morgan fingerprint density at radius 3 is 2.71 bits per heavy atom. The average Bonchev–Trinajstić information content (AvgIpc) is 3.15. The van der Waals surface area contributed by atoms with Gasteiger partial charge in [-0.15, -0.1) is 0 Å². The molecule has 0 spiro atoms. The molecule has 1 aromatic carbocycles. The Balaban J connectivity index is 1.57. The van der Waals surface area contributed by atoms with Crippen LogP contribution in [0.3, 0.4) is 0 Å². The number of nitrogens with one attached hydrogen (secondary N) is 1. The maximum Gasteiger partial charge on any atom is 0.416 e. The summed E-state index contributed by atoms with van der Waals surface area (Å²) in [6.07, 6.45) is -1.67. The molecule has 2 aliphatic rings. The highest BCUT2D eigenvalue weighted by atomic mass is 19.4. The highest BCUT2D eigenvalue weighted by molar-refractivity contribution is 5.81. The first-order valence-electron chi connectivity index (χ1n) is 10.1. The number of halogens is 3. The highest BCUT2D eigenvalue weighted by Crippen LogP contribution is 2.39. The minimum Gasteiger partial charge on any atom is -0.352 e. The largest absolute Gasteiger partial charge is 0.416 e. The Kier molecular flexibility index (Phi) is 6.34. The lowest BCUT2D eigenvalue weighted by molar-refractivity contribution is -0.137. The van der Waals surface area contributed by atoms with Gasteiger partial charge in [0.25, 0.3) is 0 Å². The molecule has 1 amide bonds. The SMILES string of the molecule is CC(C)C[C@@H](N)C(=O)NC1CCC2CN(Cc3cccc(C(F)(F)F)c3)CC21. The molecular weight excluding hydrogens is 367 g/mol. The monoisotopic (exact) mass is 397 g/mol. The van der Waals surface area contributed by atoms with Gasteiger partial charge in [0.15, 0.2) is 0 Å². The molecule has 1 heterocycles. The molecule has 4 nitrogen and oxygen atoms in total. The number of fused-ring (bicyclic) bond motifs is 1. The highest BCUT2D eigenvalue weighted by Gasteiger charge is 2.43. The fraction of sp³-hybridized carbons (Fsp3) is 0.667. The predicted molar refractivity (Wildman–Crippen MR) is 102 cm³/mol. The van der Waals surface area contributed by atoms with Gasteiger partial charge >= 0.3 is 6.18 Å². The lowest BCUT2D eigenvalue weighted by Crippen LogP contribution is -2.48. The van der Waals surface area contributed by atoms with Gasteiger partial charge in [0.1, 0.15) is 0 Å². The number of rotatable bonds is 6. The fourth-order valence-electron chi connectivity index (χ4n) is 4.67. The fourth-order valence-corrected chi connectivity index (χ4v) is 4.67. The van der Waals surface area contributed by atoms with Gasteiger partial charge in [-0.05, 0) is 48.6 Å². The van der Waals surface area contributed by atoms with Crippen LogP contribution in [0.4, 0.5) is 13.2 Å². The lowest BCUT2D eigenvalue weighted by atomic mass is 9.97. The minimum atomic E-state index is -4.32. The van der Waals surface area contributed by atoms with Gasteiger partial charge in [0.05, 0.1) is 11.6 Å². The number of likely N-dealkylation sites (tertiary alicyclic amines) is 1. The van der Waals surface area contributed by atoms with E-state index in [1.54, 1.807) is 6.07 Å². The Bertz CT molecular complexity index is 692. The van der Waals surface area contributed by atoms with Crippen LogP contribution in [-0.2, 0) is 17.5 Å². The van der Waals surface area contributed by atoms with Crippen molar-refractivity contribution in [2.75, 3.05) is 13.1 Å². The zero-order chi connectivity index (χ0) is 20.5. The molecule has 1 saturated carbocycles. The topological polar surface area (TPSA) is 58.4 Å². The first-order chi connectivity index (χ1) is 13.1. The lowest BCUT2D eigenvalue weighted by Gasteiger charge is -2.24. The van der Waals surface area contributed by atoms with Crippen LogP contribution in [0.5, 0.6) is 0 Å². The van der Waals surface area contributed by atoms with Crippen LogP contribution in [0, 0.1) is 17.8 Å². The van der Waals surface area contributed by atoms with Crippen molar-refractivity contribution in [2.24, 2.45) is 23.5 Å². The summed E-state index contributed by atoms with van der Waals surface area (Å²) >= 11 is 0. The number of amides is 1. The maximum atomic E-state index is 12.9. The van der Waals surface area contributed by atoms with Crippen LogP contribution in [0.25, 0.3) is 0 Å². The van der Waals surface area contributed by atoms with Crippen LogP contribution in [-0.4, -0.2) is 36.0 Å². The summed E-state index contributed by atoms with van der Waals surface area (Å²) in [6.45, 7) is 6.25. The molecule has 0 radical (unpaired) electrons. The number of nitrogens with two attached hydrogens (primary N) is 1.